The highest BCUT2D eigenvalue weighted by molar-refractivity contribution is 6.46. The van der Waals surface area contributed by atoms with E-state index < -0.39 is 17.7 Å². The minimum absolute atomic E-state index is 0.0611. The lowest BCUT2D eigenvalue weighted by Crippen LogP contribution is -2.30. The summed E-state index contributed by atoms with van der Waals surface area (Å²) >= 11 is 0. The van der Waals surface area contributed by atoms with Crippen LogP contribution < -0.4 is 14.2 Å². The Morgan fingerprint density at radius 2 is 1.68 bits per heavy atom. The van der Waals surface area contributed by atoms with E-state index in [1.54, 1.807) is 44.6 Å². The maximum Gasteiger partial charge on any atom is 0.295 e. The van der Waals surface area contributed by atoms with E-state index in [1.165, 1.54) is 4.90 Å². The van der Waals surface area contributed by atoms with Crippen molar-refractivity contribution in [2.45, 2.75) is 46.1 Å². The van der Waals surface area contributed by atoms with Crippen LogP contribution in [0.3, 0.4) is 0 Å². The predicted octanol–water partition coefficient (Wildman–Crippen LogP) is 5.06. The van der Waals surface area contributed by atoms with Crippen LogP contribution in [0.1, 0.15) is 62.8 Å². The molecule has 1 unspecified atom stereocenters. The zero-order valence-electron chi connectivity index (χ0n) is 20.7. The Morgan fingerprint density at radius 1 is 1.00 bits per heavy atom. The first-order valence-corrected chi connectivity index (χ1v) is 11.6. The number of rotatable bonds is 9. The van der Waals surface area contributed by atoms with Crippen LogP contribution in [0.4, 0.5) is 0 Å². The number of nitrogens with zero attached hydrogens (tertiary/aromatic N) is 1. The number of methoxy groups -OCH3 is 2. The number of hydrogen-bond acceptors (Lipinski definition) is 6. The molecule has 1 saturated heterocycles. The van der Waals surface area contributed by atoms with E-state index in [0.717, 1.165) is 5.56 Å². The normalized spacial score (nSPS) is 17.4. The SMILES string of the molecule is CCCN1C(=O)C(=O)/C(=C(/O)c2ccc(OC)c(C(C)C)c2)C1c1ccc(OC)c(OCC)c1. The molecule has 0 saturated carbocycles. The van der Waals surface area contributed by atoms with E-state index >= 15 is 0 Å². The lowest BCUT2D eigenvalue weighted by molar-refractivity contribution is -0.139. The minimum atomic E-state index is -0.741. The number of carbonyl (C=O) groups is 2. The second kappa shape index (κ2) is 10.6. The molecule has 0 aromatic heterocycles. The van der Waals surface area contributed by atoms with Crippen molar-refractivity contribution < 1.29 is 28.9 Å². The molecule has 1 aliphatic heterocycles. The molecule has 0 aliphatic carbocycles. The van der Waals surface area contributed by atoms with E-state index in [9.17, 15) is 14.7 Å². The molecule has 34 heavy (non-hydrogen) atoms. The summed E-state index contributed by atoms with van der Waals surface area (Å²) < 4.78 is 16.6. The van der Waals surface area contributed by atoms with Crippen LogP contribution in [0.2, 0.25) is 0 Å². The van der Waals surface area contributed by atoms with Gasteiger partial charge in [0, 0.05) is 12.1 Å². The predicted molar refractivity (Wildman–Crippen MR) is 131 cm³/mol. The third-order valence-corrected chi connectivity index (χ3v) is 5.93. The Labute approximate surface area is 200 Å². The number of ketones is 1. The molecule has 2 aromatic rings. The van der Waals surface area contributed by atoms with Crippen LogP contribution in [0.25, 0.3) is 5.76 Å². The summed E-state index contributed by atoms with van der Waals surface area (Å²) in [5.41, 5.74) is 2.08. The van der Waals surface area contributed by atoms with Gasteiger partial charge in [0.1, 0.15) is 11.5 Å². The number of Topliss-reactive ketones (excluding diaryl/α,β-unsaturated/α-hetero) is 1. The smallest absolute Gasteiger partial charge is 0.295 e. The molecule has 1 atom stereocenters. The summed E-state index contributed by atoms with van der Waals surface area (Å²) in [4.78, 5) is 27.7. The summed E-state index contributed by atoms with van der Waals surface area (Å²) in [5.74, 6) is 0.361. The third-order valence-electron chi connectivity index (χ3n) is 5.93. The summed E-state index contributed by atoms with van der Waals surface area (Å²) in [5, 5.41) is 11.4. The van der Waals surface area contributed by atoms with Crippen LogP contribution in [-0.2, 0) is 9.59 Å². The standard InChI is InChI=1S/C27H33NO6/c1-7-13-28-24(17-9-12-21(33-6)22(15-17)34-8-2)23(26(30)27(28)31)25(29)18-10-11-20(32-5)19(14-18)16(3)4/h9-12,14-16,24,29H,7-8,13H2,1-6H3/b25-23+. The maximum absolute atomic E-state index is 13.2. The maximum atomic E-state index is 13.2. The van der Waals surface area contributed by atoms with Crippen molar-refractivity contribution in [1.82, 2.24) is 4.90 Å². The van der Waals surface area contributed by atoms with Crippen LogP contribution in [-0.4, -0.2) is 49.1 Å². The Morgan fingerprint density at radius 3 is 2.26 bits per heavy atom. The summed E-state index contributed by atoms with van der Waals surface area (Å²) in [7, 11) is 3.15. The fourth-order valence-electron chi connectivity index (χ4n) is 4.32. The van der Waals surface area contributed by atoms with Gasteiger partial charge in [-0.15, -0.1) is 0 Å². The topological polar surface area (TPSA) is 85.3 Å². The van der Waals surface area contributed by atoms with Gasteiger partial charge in [-0.2, -0.15) is 0 Å². The summed E-state index contributed by atoms with van der Waals surface area (Å²) in [6, 6.07) is 9.84. The van der Waals surface area contributed by atoms with Crippen molar-refractivity contribution in [1.29, 1.82) is 0 Å². The first-order chi connectivity index (χ1) is 16.3. The quantitative estimate of drug-likeness (QED) is 0.315. The van der Waals surface area contributed by atoms with Gasteiger partial charge < -0.3 is 24.2 Å². The molecule has 1 fully saturated rings. The molecule has 1 amide bonds. The molecule has 182 valence electrons. The first-order valence-electron chi connectivity index (χ1n) is 11.6. The van der Waals surface area contributed by atoms with Gasteiger partial charge >= 0.3 is 0 Å². The van der Waals surface area contributed by atoms with E-state index in [2.05, 4.69) is 0 Å². The van der Waals surface area contributed by atoms with Crippen LogP contribution in [0.15, 0.2) is 42.0 Å². The average molecular weight is 468 g/mol. The molecular formula is C27H33NO6. The van der Waals surface area contributed by atoms with Gasteiger partial charge in [0.25, 0.3) is 11.7 Å². The van der Waals surface area contributed by atoms with Gasteiger partial charge in [-0.1, -0.05) is 26.8 Å². The molecule has 3 rings (SSSR count). The lowest BCUT2D eigenvalue weighted by Gasteiger charge is -2.25. The van der Waals surface area contributed by atoms with Crippen molar-refractivity contribution in [3.8, 4) is 17.2 Å². The van der Waals surface area contributed by atoms with Crippen LogP contribution in [0.5, 0.6) is 17.2 Å². The fourth-order valence-corrected chi connectivity index (χ4v) is 4.32. The second-order valence-corrected chi connectivity index (χ2v) is 8.45. The molecule has 0 radical (unpaired) electrons. The first kappa shape index (κ1) is 25.1. The van der Waals surface area contributed by atoms with E-state index in [1.807, 2.05) is 33.8 Å². The summed E-state index contributed by atoms with van der Waals surface area (Å²) in [6.07, 6.45) is 0.665. The molecule has 1 N–H and O–H groups in total. The van der Waals surface area contributed by atoms with Gasteiger partial charge in [0.2, 0.25) is 0 Å². The Bertz CT molecular complexity index is 1100. The van der Waals surface area contributed by atoms with E-state index in [-0.39, 0.29) is 17.3 Å². The number of benzene rings is 2. The fraction of sp³-hybridized carbons (Fsp3) is 0.407. The number of aliphatic hydroxyl groups excluding tert-OH is 1. The highest BCUT2D eigenvalue weighted by Gasteiger charge is 2.46. The summed E-state index contributed by atoms with van der Waals surface area (Å²) in [6.45, 7) is 8.66. The Balaban J connectivity index is 2.22. The zero-order chi connectivity index (χ0) is 25.0. The third kappa shape index (κ3) is 4.60. The van der Waals surface area contributed by atoms with Gasteiger partial charge in [-0.25, -0.2) is 0 Å². The molecule has 1 aliphatic rings. The lowest BCUT2D eigenvalue weighted by atomic mass is 9.93. The monoisotopic (exact) mass is 467 g/mol. The number of amides is 1. The average Bonchev–Trinajstić information content (AvgIpc) is 3.08. The molecule has 2 aromatic carbocycles. The molecule has 1 heterocycles. The highest BCUT2D eigenvalue weighted by Crippen LogP contribution is 2.42. The van der Waals surface area contributed by atoms with E-state index in [4.69, 9.17) is 14.2 Å². The number of hydrogen-bond donors (Lipinski definition) is 1. The molecular weight excluding hydrogens is 434 g/mol. The van der Waals surface area contributed by atoms with E-state index in [0.29, 0.717) is 47.9 Å². The molecule has 0 bridgehead atoms. The van der Waals surface area contributed by atoms with Crippen molar-refractivity contribution in [3.05, 3.63) is 58.7 Å². The van der Waals surface area contributed by atoms with Crippen molar-refractivity contribution in [2.75, 3.05) is 27.4 Å². The number of carbonyl (C=O) groups excluding carboxylic acids is 2. The van der Waals surface area contributed by atoms with Crippen molar-refractivity contribution >= 4 is 17.4 Å². The second-order valence-electron chi connectivity index (χ2n) is 8.45. The Kier molecular flexibility index (Phi) is 7.87. The van der Waals surface area contributed by atoms with Crippen LogP contribution in [0, 0.1) is 0 Å². The van der Waals surface area contributed by atoms with Gasteiger partial charge in [0.05, 0.1) is 32.4 Å². The number of ether oxygens (including phenoxy) is 3. The zero-order valence-corrected chi connectivity index (χ0v) is 20.7. The van der Waals surface area contributed by atoms with Crippen molar-refractivity contribution in [3.63, 3.8) is 0 Å². The Hall–Kier alpha value is -3.48. The van der Waals surface area contributed by atoms with Gasteiger partial charge in [-0.3, -0.25) is 9.59 Å². The molecule has 0 spiro atoms. The highest BCUT2D eigenvalue weighted by atomic mass is 16.5. The number of aliphatic hydroxyl groups is 1. The van der Waals surface area contributed by atoms with Crippen LogP contribution >= 0.6 is 0 Å². The van der Waals surface area contributed by atoms with Gasteiger partial charge in [-0.05, 0) is 60.7 Å². The largest absolute Gasteiger partial charge is 0.507 e. The van der Waals surface area contributed by atoms with Crippen molar-refractivity contribution in [2.24, 2.45) is 0 Å². The number of likely N-dealkylation sites (tertiary alicyclic amines) is 1. The molecule has 7 nitrogen and oxygen atoms in total. The molecule has 7 heteroatoms. The van der Waals surface area contributed by atoms with Gasteiger partial charge in [0.15, 0.2) is 11.5 Å². The minimum Gasteiger partial charge on any atom is -0.507 e.